The fraction of sp³-hybridized carbons (Fsp3) is 0. The van der Waals surface area contributed by atoms with Gasteiger partial charge in [0.2, 0.25) is 0 Å². The molecule has 9 aromatic rings. The third kappa shape index (κ3) is 3.71. The van der Waals surface area contributed by atoms with Crippen molar-refractivity contribution in [3.8, 4) is 39.1 Å². The molecule has 0 radical (unpaired) electrons. The molecule has 2 heterocycles. The molecule has 2 heteroatoms. The summed E-state index contributed by atoms with van der Waals surface area (Å²) in [6.45, 7) is 0. The van der Waals surface area contributed by atoms with Gasteiger partial charge in [-0.2, -0.15) is 0 Å². The molecule has 0 saturated heterocycles. The van der Waals surface area contributed by atoms with Gasteiger partial charge in [-0.1, -0.05) is 145 Å². The summed E-state index contributed by atoms with van der Waals surface area (Å²) in [5.74, 6) is 0. The highest BCUT2D eigenvalue weighted by Gasteiger charge is 2.21. The van der Waals surface area contributed by atoms with Crippen LogP contribution < -0.4 is 0 Å². The lowest BCUT2D eigenvalue weighted by molar-refractivity contribution is 1.18. The third-order valence-corrected chi connectivity index (χ3v) is 10.7. The van der Waals surface area contributed by atoms with E-state index in [4.69, 9.17) is 0 Å². The molecule has 46 heavy (non-hydrogen) atoms. The standard InChI is InChI=1S/C44H27NS/c1-2-12-33-28(10-1)24-26-40-43(33)37-14-4-7-18-39(37)45(40)38-17-6-3-11-32(38)30-22-20-29(21-23-30)31-25-27-42-44-35(31)15-9-16-36(44)34-13-5-8-19-41(34)46-42/h1-27H. The summed E-state index contributed by atoms with van der Waals surface area (Å²) in [6.07, 6.45) is 0. The lowest BCUT2D eigenvalue weighted by Crippen LogP contribution is -1.97. The van der Waals surface area contributed by atoms with Crippen LogP contribution in [0, 0.1) is 0 Å². The van der Waals surface area contributed by atoms with Crippen LogP contribution >= 0.6 is 11.8 Å². The fourth-order valence-electron chi connectivity index (χ4n) is 7.57. The van der Waals surface area contributed by atoms with Gasteiger partial charge in [-0.05, 0) is 74.3 Å². The van der Waals surface area contributed by atoms with Crippen LogP contribution in [-0.4, -0.2) is 4.57 Å². The van der Waals surface area contributed by atoms with Crippen LogP contribution in [0.3, 0.4) is 0 Å². The van der Waals surface area contributed by atoms with Crippen LogP contribution in [-0.2, 0) is 0 Å². The maximum atomic E-state index is 2.45. The van der Waals surface area contributed by atoms with E-state index in [1.807, 2.05) is 11.8 Å². The van der Waals surface area contributed by atoms with E-state index in [2.05, 4.69) is 168 Å². The predicted octanol–water partition coefficient (Wildman–Crippen LogP) is 12.6. The summed E-state index contributed by atoms with van der Waals surface area (Å²) in [7, 11) is 0. The second-order valence-corrected chi connectivity index (χ2v) is 13.1. The van der Waals surface area contributed by atoms with Crippen molar-refractivity contribution in [2.45, 2.75) is 9.79 Å². The average Bonchev–Trinajstić information content (AvgIpc) is 3.47. The zero-order valence-corrected chi connectivity index (χ0v) is 25.8. The highest BCUT2D eigenvalue weighted by Crippen LogP contribution is 2.49. The number of nitrogens with zero attached hydrogens (tertiary/aromatic N) is 1. The molecule has 0 aliphatic carbocycles. The smallest absolute Gasteiger partial charge is 0.0547 e. The Hall–Kier alpha value is -5.57. The van der Waals surface area contributed by atoms with Crippen molar-refractivity contribution in [1.29, 1.82) is 0 Å². The molecule has 0 amide bonds. The number of fused-ring (bicyclic) bond motifs is 7. The van der Waals surface area contributed by atoms with Crippen LogP contribution in [0.5, 0.6) is 0 Å². The van der Waals surface area contributed by atoms with Gasteiger partial charge in [0.05, 0.1) is 16.7 Å². The van der Waals surface area contributed by atoms with Gasteiger partial charge in [-0.15, -0.1) is 0 Å². The lowest BCUT2D eigenvalue weighted by Gasteiger charge is -2.21. The highest BCUT2D eigenvalue weighted by atomic mass is 32.2. The number of aromatic nitrogens is 1. The first-order valence-corrected chi connectivity index (χ1v) is 16.6. The van der Waals surface area contributed by atoms with Gasteiger partial charge in [0.1, 0.15) is 0 Å². The van der Waals surface area contributed by atoms with E-state index in [0.717, 1.165) is 0 Å². The zero-order valence-electron chi connectivity index (χ0n) is 24.9. The summed E-state index contributed by atoms with van der Waals surface area (Å²) in [5.41, 5.74) is 11.2. The third-order valence-electron chi connectivity index (χ3n) is 9.61. The maximum absolute atomic E-state index is 2.45. The molecule has 10 rings (SSSR count). The van der Waals surface area contributed by atoms with Crippen molar-refractivity contribution in [1.82, 2.24) is 4.57 Å². The normalized spacial score (nSPS) is 12.3. The Labute approximate surface area is 271 Å². The van der Waals surface area contributed by atoms with E-state index in [1.54, 1.807) is 0 Å². The first-order valence-electron chi connectivity index (χ1n) is 15.8. The SMILES string of the molecule is c1ccc2c(c1)Sc1ccc(-c3ccc(-c4ccccc4-n4c5ccccc5c5c6ccccc6ccc54)cc3)c3cccc-2c13. The number of para-hydroxylation sites is 2. The minimum atomic E-state index is 1.19. The van der Waals surface area contributed by atoms with E-state index in [9.17, 15) is 0 Å². The summed E-state index contributed by atoms with van der Waals surface area (Å²) in [5, 5.41) is 7.81. The Bertz CT molecular complexity index is 2660. The zero-order chi connectivity index (χ0) is 30.2. The Morgan fingerprint density at radius 3 is 1.91 bits per heavy atom. The van der Waals surface area contributed by atoms with E-state index < -0.39 is 0 Å². The van der Waals surface area contributed by atoms with E-state index in [0.29, 0.717) is 0 Å². The maximum Gasteiger partial charge on any atom is 0.0547 e. The largest absolute Gasteiger partial charge is 0.309 e. The van der Waals surface area contributed by atoms with Gasteiger partial charge in [0.15, 0.2) is 0 Å². The Morgan fingerprint density at radius 2 is 1.02 bits per heavy atom. The molecular formula is C44H27NS. The lowest BCUT2D eigenvalue weighted by atomic mass is 9.91. The van der Waals surface area contributed by atoms with Gasteiger partial charge >= 0.3 is 0 Å². The molecule has 1 aliphatic heterocycles. The molecule has 214 valence electrons. The summed E-state index contributed by atoms with van der Waals surface area (Å²) < 4.78 is 2.45. The summed E-state index contributed by atoms with van der Waals surface area (Å²) in [4.78, 5) is 2.66. The Kier molecular flexibility index (Phi) is 5.58. The number of hydrogen-bond donors (Lipinski definition) is 0. The topological polar surface area (TPSA) is 4.93 Å². The molecule has 8 aromatic carbocycles. The first kappa shape index (κ1) is 25.7. The molecule has 0 spiro atoms. The van der Waals surface area contributed by atoms with Gasteiger partial charge in [-0.25, -0.2) is 0 Å². The van der Waals surface area contributed by atoms with Crippen LogP contribution in [0.25, 0.3) is 82.4 Å². The minimum absolute atomic E-state index is 1.19. The van der Waals surface area contributed by atoms with Crippen molar-refractivity contribution >= 4 is 55.1 Å². The number of benzene rings is 8. The predicted molar refractivity (Wildman–Crippen MR) is 196 cm³/mol. The van der Waals surface area contributed by atoms with Crippen LogP contribution in [0.2, 0.25) is 0 Å². The minimum Gasteiger partial charge on any atom is -0.309 e. The van der Waals surface area contributed by atoms with Crippen LogP contribution in [0.4, 0.5) is 0 Å². The molecule has 0 atom stereocenters. The van der Waals surface area contributed by atoms with E-state index in [-0.39, 0.29) is 0 Å². The monoisotopic (exact) mass is 601 g/mol. The molecule has 0 saturated carbocycles. The van der Waals surface area contributed by atoms with Crippen LogP contribution in [0.15, 0.2) is 174 Å². The molecule has 1 aliphatic rings. The summed E-state index contributed by atoms with van der Waals surface area (Å²) in [6, 6.07) is 60.1. The Balaban J connectivity index is 1.13. The van der Waals surface area contributed by atoms with Crippen molar-refractivity contribution in [3.05, 3.63) is 164 Å². The van der Waals surface area contributed by atoms with Gasteiger partial charge < -0.3 is 4.57 Å². The molecule has 1 aromatic heterocycles. The number of rotatable bonds is 3. The van der Waals surface area contributed by atoms with Crippen LogP contribution in [0.1, 0.15) is 0 Å². The second kappa shape index (κ2) is 9.97. The van der Waals surface area contributed by atoms with Crippen molar-refractivity contribution < 1.29 is 0 Å². The molecule has 1 nitrogen and oxygen atoms in total. The van der Waals surface area contributed by atoms with Gasteiger partial charge in [0.25, 0.3) is 0 Å². The average molecular weight is 602 g/mol. The first-order chi connectivity index (χ1) is 22.8. The Morgan fingerprint density at radius 1 is 0.348 bits per heavy atom. The van der Waals surface area contributed by atoms with Crippen molar-refractivity contribution in [2.75, 3.05) is 0 Å². The summed E-state index contributed by atoms with van der Waals surface area (Å²) >= 11 is 1.88. The van der Waals surface area contributed by atoms with Gasteiger partial charge in [-0.3, -0.25) is 0 Å². The van der Waals surface area contributed by atoms with Crippen molar-refractivity contribution in [3.63, 3.8) is 0 Å². The highest BCUT2D eigenvalue weighted by molar-refractivity contribution is 7.99. The number of hydrogen-bond acceptors (Lipinski definition) is 1. The second-order valence-electron chi connectivity index (χ2n) is 12.1. The van der Waals surface area contributed by atoms with Gasteiger partial charge in [0, 0.05) is 31.5 Å². The van der Waals surface area contributed by atoms with Crippen molar-refractivity contribution in [2.24, 2.45) is 0 Å². The molecule has 0 fully saturated rings. The molecular weight excluding hydrogens is 575 g/mol. The molecule has 0 N–H and O–H groups in total. The molecule has 0 unspecified atom stereocenters. The van der Waals surface area contributed by atoms with E-state index >= 15 is 0 Å². The molecule has 0 bridgehead atoms. The van der Waals surface area contributed by atoms with E-state index in [1.165, 1.54) is 92.2 Å². The quantitative estimate of drug-likeness (QED) is 0.195. The fourth-order valence-corrected chi connectivity index (χ4v) is 8.70.